The summed E-state index contributed by atoms with van der Waals surface area (Å²) in [6.45, 7) is 5.44. The van der Waals surface area contributed by atoms with Crippen LogP contribution in [0.25, 0.3) is 0 Å². The average molecular weight is 736 g/mol. The number of hydrogen-bond acceptors (Lipinski definition) is 9. The quantitative estimate of drug-likeness (QED) is 0.301. The third-order valence-corrected chi connectivity index (χ3v) is 11.9. The van der Waals surface area contributed by atoms with Crippen LogP contribution in [0, 0.1) is 11.7 Å². The Morgan fingerprint density at radius 3 is 2.32 bits per heavy atom. The Kier molecular flexibility index (Phi) is 13.2. The lowest BCUT2D eigenvalue weighted by atomic mass is 10.0. The number of carbonyl (C=O) groups is 1. The van der Waals surface area contributed by atoms with Gasteiger partial charge in [-0.1, -0.05) is 6.92 Å². The van der Waals surface area contributed by atoms with Gasteiger partial charge in [0.15, 0.2) is 0 Å². The van der Waals surface area contributed by atoms with Crippen molar-refractivity contribution in [2.45, 2.75) is 68.1 Å². The van der Waals surface area contributed by atoms with E-state index in [9.17, 15) is 31.1 Å². The number of aliphatic hydroxyl groups excluding tert-OH is 1. The first-order valence-corrected chi connectivity index (χ1v) is 19.3. The maximum atomic E-state index is 14.4. The zero-order chi connectivity index (χ0) is 36.6. The molecule has 2 N–H and O–H groups in total. The van der Waals surface area contributed by atoms with Gasteiger partial charge in [0.25, 0.3) is 15.9 Å². The van der Waals surface area contributed by atoms with E-state index in [4.69, 9.17) is 14.2 Å². The van der Waals surface area contributed by atoms with Crippen LogP contribution in [0.4, 0.5) is 10.1 Å². The third kappa shape index (κ3) is 9.72. The zero-order valence-corrected chi connectivity index (χ0v) is 30.5. The first kappa shape index (κ1) is 39.0. The van der Waals surface area contributed by atoms with Crippen molar-refractivity contribution in [2.75, 3.05) is 45.2 Å². The molecule has 1 heterocycles. The van der Waals surface area contributed by atoms with E-state index in [1.165, 1.54) is 53.7 Å². The highest BCUT2D eigenvalue weighted by atomic mass is 32.2. The highest BCUT2D eigenvalue weighted by Gasteiger charge is 2.32. The molecule has 0 saturated carbocycles. The van der Waals surface area contributed by atoms with Crippen LogP contribution in [0.5, 0.6) is 11.5 Å². The van der Waals surface area contributed by atoms with Gasteiger partial charge in [0, 0.05) is 38.3 Å². The molecule has 3 aromatic carbocycles. The number of nitrogens with one attached hydrogen (secondary N) is 1. The molecule has 0 bridgehead atoms. The molecule has 50 heavy (non-hydrogen) atoms. The molecule has 0 fully saturated rings. The SMILES string of the molecule is COc1ccc(S(=O)(=O)N(C)C[C@H]2OCCCC[C@@H](C)Oc3ccc(NS(=O)(=O)c4ccc(F)cc4)cc3C(=O)N([C@H](C)CO)C[C@@H]2C)cc1. The number of amides is 1. The topological polar surface area (TPSA) is 152 Å². The van der Waals surface area contributed by atoms with Crippen molar-refractivity contribution < 1.29 is 45.3 Å². The summed E-state index contributed by atoms with van der Waals surface area (Å²) in [5, 5.41) is 10.2. The lowest BCUT2D eigenvalue weighted by molar-refractivity contribution is -0.00834. The molecule has 4 rings (SSSR count). The monoisotopic (exact) mass is 735 g/mol. The zero-order valence-electron chi connectivity index (χ0n) is 28.9. The number of methoxy groups -OCH3 is 1. The van der Waals surface area contributed by atoms with Crippen LogP contribution < -0.4 is 14.2 Å². The van der Waals surface area contributed by atoms with Gasteiger partial charge in [-0.15, -0.1) is 0 Å². The van der Waals surface area contributed by atoms with Gasteiger partial charge in [-0.25, -0.2) is 21.2 Å². The number of fused-ring (bicyclic) bond motifs is 1. The van der Waals surface area contributed by atoms with Gasteiger partial charge < -0.3 is 24.2 Å². The fourth-order valence-electron chi connectivity index (χ4n) is 5.56. The normalized spacial score (nSPS) is 20.4. The highest BCUT2D eigenvalue weighted by Crippen LogP contribution is 2.30. The number of anilines is 1. The number of benzene rings is 3. The maximum absolute atomic E-state index is 14.4. The Bertz CT molecular complexity index is 1810. The first-order chi connectivity index (χ1) is 23.7. The van der Waals surface area contributed by atoms with E-state index in [0.29, 0.717) is 25.2 Å². The highest BCUT2D eigenvalue weighted by molar-refractivity contribution is 7.92. The fraction of sp³-hybridized carbons (Fsp3) is 0.457. The van der Waals surface area contributed by atoms with E-state index in [2.05, 4.69) is 4.72 Å². The van der Waals surface area contributed by atoms with Gasteiger partial charge in [0.2, 0.25) is 10.0 Å². The van der Waals surface area contributed by atoms with Crippen LogP contribution in [-0.4, -0.2) is 95.8 Å². The fourth-order valence-corrected chi connectivity index (χ4v) is 7.79. The summed E-state index contributed by atoms with van der Waals surface area (Å²) in [5.41, 5.74) is 0.146. The standard InChI is InChI=1S/C35H46FN3O9S2/c1-24-21-39(25(2)23-40)35(41)32-20-28(37-49(42,43)30-14-9-27(36)10-15-30)11-18-33(32)48-26(3)8-6-7-19-47-34(24)22-38(4)50(44,45)31-16-12-29(46-5)13-17-31/h9-18,20,24-26,34,37,40H,6-8,19,21-23H2,1-5H3/t24-,25+,26+,34+/m0/s1. The Balaban J connectivity index is 1.66. The molecule has 12 nitrogen and oxygen atoms in total. The van der Waals surface area contributed by atoms with Crippen LogP contribution in [0.15, 0.2) is 76.5 Å². The number of sulfonamides is 2. The van der Waals surface area contributed by atoms with Crippen LogP contribution in [0.3, 0.4) is 0 Å². The van der Waals surface area contributed by atoms with Gasteiger partial charge in [-0.05, 0) is 99.8 Å². The molecule has 0 aromatic heterocycles. The van der Waals surface area contributed by atoms with Crippen molar-refractivity contribution in [3.8, 4) is 11.5 Å². The Morgan fingerprint density at radius 2 is 1.68 bits per heavy atom. The van der Waals surface area contributed by atoms with Crippen molar-refractivity contribution in [1.82, 2.24) is 9.21 Å². The summed E-state index contributed by atoms with van der Waals surface area (Å²) < 4.78 is 88.0. The molecular weight excluding hydrogens is 690 g/mol. The first-order valence-electron chi connectivity index (χ1n) is 16.4. The van der Waals surface area contributed by atoms with Crippen molar-refractivity contribution >= 4 is 31.6 Å². The Hall–Kier alpha value is -3.76. The number of aliphatic hydroxyl groups is 1. The summed E-state index contributed by atoms with van der Waals surface area (Å²) in [5.74, 6) is -0.759. The van der Waals surface area contributed by atoms with Crippen molar-refractivity contribution in [2.24, 2.45) is 5.92 Å². The van der Waals surface area contributed by atoms with E-state index in [-0.39, 0.29) is 52.6 Å². The van der Waals surface area contributed by atoms with Crippen molar-refractivity contribution in [1.29, 1.82) is 0 Å². The lowest BCUT2D eigenvalue weighted by Crippen LogP contribution is -2.48. The predicted molar refractivity (Wildman–Crippen MR) is 187 cm³/mol. The molecular formula is C35H46FN3O9S2. The minimum Gasteiger partial charge on any atom is -0.497 e. The molecule has 3 aromatic rings. The van der Waals surface area contributed by atoms with Crippen LogP contribution in [0.1, 0.15) is 50.4 Å². The van der Waals surface area contributed by atoms with Gasteiger partial charge in [-0.2, -0.15) is 4.31 Å². The summed E-state index contributed by atoms with van der Waals surface area (Å²) >= 11 is 0. The summed E-state index contributed by atoms with van der Waals surface area (Å²) in [7, 11) is -5.05. The van der Waals surface area contributed by atoms with Crippen LogP contribution in [-0.2, 0) is 24.8 Å². The van der Waals surface area contributed by atoms with E-state index >= 15 is 0 Å². The molecule has 1 aliphatic rings. The van der Waals surface area contributed by atoms with Gasteiger partial charge >= 0.3 is 0 Å². The number of hydrogen-bond donors (Lipinski definition) is 2. The molecule has 4 atom stereocenters. The second-order valence-electron chi connectivity index (χ2n) is 12.5. The van der Waals surface area contributed by atoms with E-state index in [0.717, 1.165) is 30.7 Å². The minimum atomic E-state index is -4.13. The molecule has 274 valence electrons. The molecule has 1 aliphatic heterocycles. The molecule has 0 spiro atoms. The minimum absolute atomic E-state index is 0.00349. The van der Waals surface area contributed by atoms with Gasteiger partial charge in [0.1, 0.15) is 17.3 Å². The van der Waals surface area contributed by atoms with Gasteiger partial charge in [-0.3, -0.25) is 9.52 Å². The number of nitrogens with zero attached hydrogens (tertiary/aromatic N) is 2. The number of carbonyl (C=O) groups excluding carboxylic acids is 1. The lowest BCUT2D eigenvalue weighted by Gasteiger charge is -2.35. The van der Waals surface area contributed by atoms with Crippen LogP contribution in [0.2, 0.25) is 0 Å². The van der Waals surface area contributed by atoms with Crippen molar-refractivity contribution in [3.05, 3.63) is 78.1 Å². The number of halogens is 1. The Labute approximate surface area is 294 Å². The number of likely N-dealkylation sites (N-methyl/N-ethyl adjacent to an activating group) is 1. The molecule has 1 amide bonds. The average Bonchev–Trinajstić information content (AvgIpc) is 3.09. The van der Waals surface area contributed by atoms with Crippen molar-refractivity contribution in [3.63, 3.8) is 0 Å². The Morgan fingerprint density at radius 1 is 1.02 bits per heavy atom. The molecule has 0 radical (unpaired) electrons. The second kappa shape index (κ2) is 17.0. The maximum Gasteiger partial charge on any atom is 0.261 e. The molecule has 0 unspecified atom stereocenters. The second-order valence-corrected chi connectivity index (χ2v) is 16.3. The van der Waals surface area contributed by atoms with Gasteiger partial charge in [0.05, 0.1) is 47.3 Å². The summed E-state index contributed by atoms with van der Waals surface area (Å²) in [6, 6.07) is 14.1. The largest absolute Gasteiger partial charge is 0.497 e. The molecule has 0 saturated heterocycles. The predicted octanol–water partition coefficient (Wildman–Crippen LogP) is 4.75. The number of ether oxygens (including phenoxy) is 3. The van der Waals surface area contributed by atoms with Crippen LogP contribution >= 0.6 is 0 Å². The smallest absolute Gasteiger partial charge is 0.261 e. The molecule has 0 aliphatic carbocycles. The van der Waals surface area contributed by atoms with E-state index < -0.39 is 49.8 Å². The third-order valence-electron chi connectivity index (χ3n) is 8.63. The number of rotatable bonds is 10. The van der Waals surface area contributed by atoms with E-state index in [1.807, 2.05) is 13.8 Å². The van der Waals surface area contributed by atoms with E-state index in [1.54, 1.807) is 19.1 Å². The molecule has 15 heteroatoms. The summed E-state index contributed by atoms with van der Waals surface area (Å²) in [4.78, 5) is 15.8. The summed E-state index contributed by atoms with van der Waals surface area (Å²) in [6.07, 6.45) is 1.09.